The van der Waals surface area contributed by atoms with Gasteiger partial charge in [0.05, 0.1) is 38.1 Å². The topological polar surface area (TPSA) is 109 Å². The first-order valence-corrected chi connectivity index (χ1v) is 11.4. The maximum atomic E-state index is 12.5. The van der Waals surface area contributed by atoms with Crippen LogP contribution in [0.25, 0.3) is 0 Å². The highest BCUT2D eigenvalue weighted by Gasteiger charge is 2.30. The van der Waals surface area contributed by atoms with Crippen LogP contribution in [-0.4, -0.2) is 103 Å². The lowest BCUT2D eigenvalue weighted by molar-refractivity contribution is -0.149. The molecule has 1 aromatic heterocycles. The maximum absolute atomic E-state index is 12.5. The molecule has 1 aliphatic rings. The molecule has 1 aromatic rings. The summed E-state index contributed by atoms with van der Waals surface area (Å²) in [5, 5.41) is 0. The molecule has 0 amide bonds. The monoisotopic (exact) mass is 476 g/mol. The van der Waals surface area contributed by atoms with Crippen LogP contribution in [0, 0.1) is 0 Å². The van der Waals surface area contributed by atoms with Crippen LogP contribution >= 0.6 is 0 Å². The highest BCUT2D eigenvalue weighted by molar-refractivity contribution is 5.86. The van der Waals surface area contributed by atoms with Crippen LogP contribution in [0.2, 0.25) is 0 Å². The standard InChI is InChI=1S/C24H36N4O6/c1-17(29)13-22(24(32)34-5)28-12-10-26(3)9-11-27(21(18(2)30)14-23(31)33-4)15-19-7-6-8-20(16-28)25-19/h6-8,21-22H,9-16H2,1-5H3. The normalized spacial score (nSPS) is 18.1. The van der Waals surface area contributed by atoms with Crippen molar-refractivity contribution in [2.24, 2.45) is 0 Å². The van der Waals surface area contributed by atoms with Crippen LogP contribution in [0.3, 0.4) is 0 Å². The van der Waals surface area contributed by atoms with Crippen LogP contribution in [0.15, 0.2) is 18.2 Å². The van der Waals surface area contributed by atoms with E-state index < -0.39 is 24.0 Å². The Kier molecular flexibility index (Phi) is 10.7. The number of carbonyl (C=O) groups excluding carboxylic acids is 4. The molecule has 2 rings (SSSR count). The number of pyridine rings is 1. The molecule has 0 saturated heterocycles. The molecule has 188 valence electrons. The first-order chi connectivity index (χ1) is 16.1. The Balaban J connectivity index is 2.37. The summed E-state index contributed by atoms with van der Waals surface area (Å²) in [4.78, 5) is 59.5. The molecule has 2 atom stereocenters. The van der Waals surface area contributed by atoms with Crippen LogP contribution < -0.4 is 0 Å². The van der Waals surface area contributed by atoms with Gasteiger partial charge in [0.2, 0.25) is 0 Å². The van der Waals surface area contributed by atoms with Gasteiger partial charge in [-0.15, -0.1) is 0 Å². The number of hydrogen-bond donors (Lipinski definition) is 0. The minimum atomic E-state index is -0.692. The number of Topliss-reactive ketones (excluding diaryl/α,β-unsaturated/α-hetero) is 2. The molecule has 0 spiro atoms. The molecular formula is C24H36N4O6. The van der Waals surface area contributed by atoms with Crippen molar-refractivity contribution in [1.29, 1.82) is 0 Å². The third-order valence-corrected chi connectivity index (χ3v) is 6.03. The van der Waals surface area contributed by atoms with Crippen molar-refractivity contribution >= 4 is 23.5 Å². The van der Waals surface area contributed by atoms with Gasteiger partial charge in [-0.2, -0.15) is 0 Å². The molecule has 2 bridgehead atoms. The summed E-state index contributed by atoms with van der Waals surface area (Å²) < 4.78 is 9.78. The first-order valence-electron chi connectivity index (χ1n) is 11.4. The Morgan fingerprint density at radius 2 is 1.44 bits per heavy atom. The predicted octanol–water partition coefficient (Wildman–Crippen LogP) is 0.672. The second-order valence-electron chi connectivity index (χ2n) is 8.72. The van der Waals surface area contributed by atoms with Crippen molar-refractivity contribution in [3.8, 4) is 0 Å². The smallest absolute Gasteiger partial charge is 0.323 e. The third kappa shape index (κ3) is 8.27. The van der Waals surface area contributed by atoms with E-state index in [1.165, 1.54) is 28.1 Å². The van der Waals surface area contributed by atoms with E-state index >= 15 is 0 Å². The minimum Gasteiger partial charge on any atom is -0.469 e. The number of rotatable bonds is 8. The Labute approximate surface area is 201 Å². The number of nitrogens with zero attached hydrogens (tertiary/aromatic N) is 4. The van der Waals surface area contributed by atoms with Gasteiger partial charge in [-0.3, -0.25) is 34.0 Å². The van der Waals surface area contributed by atoms with E-state index in [-0.39, 0.29) is 24.4 Å². The molecule has 0 saturated carbocycles. The lowest BCUT2D eigenvalue weighted by Crippen LogP contribution is -2.48. The summed E-state index contributed by atoms with van der Waals surface area (Å²) in [6.07, 6.45) is 0.0482. The van der Waals surface area contributed by atoms with Crippen LogP contribution in [0.1, 0.15) is 38.1 Å². The second kappa shape index (κ2) is 13.3. The van der Waals surface area contributed by atoms with Crippen molar-refractivity contribution in [2.45, 2.75) is 51.9 Å². The summed E-state index contributed by atoms with van der Waals surface area (Å²) in [5.74, 6) is -1.07. The zero-order valence-corrected chi connectivity index (χ0v) is 20.8. The molecule has 2 unspecified atom stereocenters. The van der Waals surface area contributed by atoms with Crippen molar-refractivity contribution in [1.82, 2.24) is 19.7 Å². The van der Waals surface area contributed by atoms with E-state index in [0.717, 1.165) is 11.4 Å². The summed E-state index contributed by atoms with van der Waals surface area (Å²) >= 11 is 0. The molecule has 10 heteroatoms. The number of methoxy groups -OCH3 is 2. The van der Waals surface area contributed by atoms with E-state index in [0.29, 0.717) is 39.3 Å². The number of aromatic nitrogens is 1. The maximum Gasteiger partial charge on any atom is 0.323 e. The molecule has 0 N–H and O–H groups in total. The predicted molar refractivity (Wildman–Crippen MR) is 125 cm³/mol. The SMILES string of the molecule is COC(=O)CC(C(C)=O)N1CCN(C)CCN(C(CC(C)=O)C(=O)OC)Cc2cccc(n2)C1. The molecule has 10 nitrogen and oxygen atoms in total. The fourth-order valence-corrected chi connectivity index (χ4v) is 4.06. The van der Waals surface area contributed by atoms with Crippen LogP contribution in [0.5, 0.6) is 0 Å². The Morgan fingerprint density at radius 1 is 0.882 bits per heavy atom. The van der Waals surface area contributed by atoms with Gasteiger partial charge in [0.1, 0.15) is 17.6 Å². The number of likely N-dealkylation sites (N-methyl/N-ethyl adjacent to an activating group) is 1. The summed E-state index contributed by atoms with van der Waals surface area (Å²) in [7, 11) is 4.60. The van der Waals surface area contributed by atoms with Crippen molar-refractivity contribution in [3.05, 3.63) is 29.6 Å². The van der Waals surface area contributed by atoms with Gasteiger partial charge in [0.15, 0.2) is 0 Å². The van der Waals surface area contributed by atoms with Gasteiger partial charge in [-0.1, -0.05) is 6.07 Å². The lowest BCUT2D eigenvalue weighted by atomic mass is 10.1. The fourth-order valence-electron chi connectivity index (χ4n) is 4.06. The summed E-state index contributed by atoms with van der Waals surface area (Å²) in [6, 6.07) is 4.33. The fraction of sp³-hybridized carbons (Fsp3) is 0.625. The molecular weight excluding hydrogens is 440 g/mol. The summed E-state index contributed by atoms with van der Waals surface area (Å²) in [6.45, 7) is 6.02. The highest BCUT2D eigenvalue weighted by Crippen LogP contribution is 2.16. The zero-order chi connectivity index (χ0) is 25.3. The highest BCUT2D eigenvalue weighted by atomic mass is 16.5. The molecule has 2 heterocycles. The van der Waals surface area contributed by atoms with Gasteiger partial charge >= 0.3 is 11.9 Å². The molecule has 34 heavy (non-hydrogen) atoms. The molecule has 0 fully saturated rings. The van der Waals surface area contributed by atoms with Crippen molar-refractivity contribution < 1.29 is 28.7 Å². The Bertz CT molecular complexity index is 877. The number of ketones is 2. The van der Waals surface area contributed by atoms with Gasteiger partial charge < -0.3 is 14.4 Å². The number of ether oxygens (including phenoxy) is 2. The average molecular weight is 477 g/mol. The minimum absolute atomic E-state index is 0.0190. The zero-order valence-electron chi connectivity index (χ0n) is 20.8. The van der Waals surface area contributed by atoms with Gasteiger partial charge in [-0.25, -0.2) is 0 Å². The Morgan fingerprint density at radius 3 is 1.91 bits per heavy atom. The molecule has 0 aromatic carbocycles. The quantitative estimate of drug-likeness (QED) is 0.497. The van der Waals surface area contributed by atoms with Crippen LogP contribution in [0.4, 0.5) is 0 Å². The third-order valence-electron chi connectivity index (χ3n) is 6.03. The first kappa shape index (κ1) is 27.6. The van der Waals surface area contributed by atoms with Crippen molar-refractivity contribution in [3.63, 3.8) is 0 Å². The molecule has 0 aliphatic carbocycles. The van der Waals surface area contributed by atoms with Crippen LogP contribution in [-0.2, 0) is 41.7 Å². The second-order valence-corrected chi connectivity index (χ2v) is 8.72. The number of esters is 2. The molecule has 0 radical (unpaired) electrons. The van der Waals surface area contributed by atoms with Crippen molar-refractivity contribution in [2.75, 3.05) is 47.4 Å². The van der Waals surface area contributed by atoms with E-state index in [9.17, 15) is 19.2 Å². The molecule has 1 aliphatic heterocycles. The van der Waals surface area contributed by atoms with Gasteiger partial charge in [-0.05, 0) is 33.0 Å². The number of fused-ring (bicyclic) bond motifs is 2. The summed E-state index contributed by atoms with van der Waals surface area (Å²) in [5.41, 5.74) is 1.49. The van der Waals surface area contributed by atoms with E-state index in [1.54, 1.807) is 0 Å². The van der Waals surface area contributed by atoms with E-state index in [2.05, 4.69) is 4.90 Å². The van der Waals surface area contributed by atoms with E-state index in [4.69, 9.17) is 14.5 Å². The van der Waals surface area contributed by atoms with Gasteiger partial charge in [0, 0.05) is 45.7 Å². The lowest BCUT2D eigenvalue weighted by Gasteiger charge is -2.34. The average Bonchev–Trinajstić information content (AvgIpc) is 2.80. The number of carbonyl (C=O) groups is 4. The largest absolute Gasteiger partial charge is 0.469 e. The van der Waals surface area contributed by atoms with Gasteiger partial charge in [0.25, 0.3) is 0 Å². The van der Waals surface area contributed by atoms with E-state index in [1.807, 2.05) is 35.0 Å². The number of hydrogen-bond acceptors (Lipinski definition) is 10. The Hall–Kier alpha value is -2.69.